The van der Waals surface area contributed by atoms with Crippen LogP contribution in [0, 0.1) is 18.3 Å². The summed E-state index contributed by atoms with van der Waals surface area (Å²) < 4.78 is 30.4. The summed E-state index contributed by atoms with van der Waals surface area (Å²) in [5.41, 5.74) is 2.90. The van der Waals surface area contributed by atoms with Crippen molar-refractivity contribution < 1.29 is 12.7 Å². The van der Waals surface area contributed by atoms with Crippen LogP contribution in [0.5, 0.6) is 0 Å². The predicted octanol–water partition coefficient (Wildman–Crippen LogP) is 5.43. The molecular formula is C21H28N2O3S2. The van der Waals surface area contributed by atoms with Crippen molar-refractivity contribution >= 4 is 33.2 Å². The summed E-state index contributed by atoms with van der Waals surface area (Å²) in [6.07, 6.45) is 4.30. The van der Waals surface area contributed by atoms with Crippen molar-refractivity contribution in [3.05, 3.63) is 40.3 Å². The molecule has 7 heteroatoms. The molecule has 0 saturated carbocycles. The Kier molecular flexibility index (Phi) is 8.58. The second-order valence-electron chi connectivity index (χ2n) is 6.89. The van der Waals surface area contributed by atoms with Crippen LogP contribution in [-0.4, -0.2) is 25.1 Å². The topological polar surface area (TPSA) is 79.5 Å². The van der Waals surface area contributed by atoms with Gasteiger partial charge in [0.25, 0.3) is 0 Å². The molecule has 1 unspecified atom stereocenters. The summed E-state index contributed by atoms with van der Waals surface area (Å²) in [7, 11) is -3.78. The van der Waals surface area contributed by atoms with Crippen LogP contribution in [0.15, 0.2) is 34.3 Å². The molecule has 0 aliphatic carbocycles. The van der Waals surface area contributed by atoms with Crippen LogP contribution in [-0.2, 0) is 14.4 Å². The predicted molar refractivity (Wildman–Crippen MR) is 116 cm³/mol. The Morgan fingerprint density at radius 2 is 2.04 bits per heavy atom. The van der Waals surface area contributed by atoms with E-state index in [-0.39, 0.29) is 0 Å². The molecule has 1 heterocycles. The number of benzene rings is 1. The highest BCUT2D eigenvalue weighted by Crippen LogP contribution is 2.36. The van der Waals surface area contributed by atoms with Crippen LogP contribution in [0.25, 0.3) is 5.57 Å². The molecule has 1 aliphatic heterocycles. The Balaban J connectivity index is 2.31. The van der Waals surface area contributed by atoms with Crippen LogP contribution < -0.4 is 0 Å². The minimum absolute atomic E-state index is 0.524. The molecule has 1 saturated heterocycles. The molecule has 5 nitrogen and oxygen atoms in total. The van der Waals surface area contributed by atoms with E-state index in [9.17, 15) is 13.7 Å². The first-order valence-electron chi connectivity index (χ1n) is 9.77. The standard InChI is InChI=1S/C21H28N2O3S2/c1-4-6-11-17(9-5-2)28(24,25)26-23-20-13-14-27-21(20)19(15-22)18-12-8-7-10-16(18)3/h7-8,10,12,17H,4-6,9,11,13-14H2,1-3H3. The molecule has 0 spiro atoms. The largest absolute Gasteiger partial charge is 0.331 e. The summed E-state index contributed by atoms with van der Waals surface area (Å²) in [4.78, 5) is 0.715. The van der Waals surface area contributed by atoms with Gasteiger partial charge in [-0.15, -0.1) is 11.8 Å². The van der Waals surface area contributed by atoms with Crippen molar-refractivity contribution in [1.82, 2.24) is 0 Å². The average molecular weight is 421 g/mol. The second-order valence-corrected chi connectivity index (χ2v) is 9.79. The summed E-state index contributed by atoms with van der Waals surface area (Å²) in [6, 6.07) is 9.94. The third-order valence-corrected chi connectivity index (χ3v) is 7.46. The van der Waals surface area contributed by atoms with Crippen LogP contribution in [0.4, 0.5) is 0 Å². The monoisotopic (exact) mass is 420 g/mol. The number of hydrogen-bond donors (Lipinski definition) is 0. The first-order valence-corrected chi connectivity index (χ1v) is 12.2. The molecule has 2 rings (SSSR count). The van der Waals surface area contributed by atoms with E-state index in [1.165, 1.54) is 11.8 Å². The lowest BCUT2D eigenvalue weighted by Gasteiger charge is -2.14. The first-order chi connectivity index (χ1) is 13.4. The molecule has 0 bridgehead atoms. The SMILES string of the molecule is CCCCC(CCC)S(=O)(=O)ON=C1CCSC1=C(C#N)c1ccccc1C. The third kappa shape index (κ3) is 5.62. The zero-order valence-corrected chi connectivity index (χ0v) is 18.4. The van der Waals surface area contributed by atoms with Gasteiger partial charge < -0.3 is 0 Å². The van der Waals surface area contributed by atoms with Crippen LogP contribution >= 0.6 is 11.8 Å². The van der Waals surface area contributed by atoms with Gasteiger partial charge in [0.15, 0.2) is 0 Å². The third-order valence-electron chi connectivity index (χ3n) is 4.75. The van der Waals surface area contributed by atoms with Crippen molar-refractivity contribution in [2.45, 2.75) is 64.5 Å². The normalized spacial score (nSPS) is 18.7. The lowest BCUT2D eigenvalue weighted by atomic mass is 10.00. The van der Waals surface area contributed by atoms with Crippen molar-refractivity contribution in [3.63, 3.8) is 0 Å². The summed E-state index contributed by atoms with van der Waals surface area (Å²) >= 11 is 1.52. The fourth-order valence-corrected chi connectivity index (χ4v) is 5.58. The minimum Gasteiger partial charge on any atom is -0.268 e. The maximum Gasteiger partial charge on any atom is 0.331 e. The molecule has 1 aliphatic rings. The summed E-state index contributed by atoms with van der Waals surface area (Å²) in [5, 5.41) is 13.2. The van der Waals surface area contributed by atoms with Crippen LogP contribution in [0.2, 0.25) is 0 Å². The number of rotatable bonds is 9. The highest BCUT2D eigenvalue weighted by Gasteiger charge is 2.28. The summed E-state index contributed by atoms with van der Waals surface area (Å²) in [5.74, 6) is 0.753. The highest BCUT2D eigenvalue weighted by atomic mass is 32.2. The van der Waals surface area contributed by atoms with E-state index in [2.05, 4.69) is 11.2 Å². The number of aryl methyl sites for hydroxylation is 1. The van der Waals surface area contributed by atoms with Gasteiger partial charge in [0, 0.05) is 12.2 Å². The van der Waals surface area contributed by atoms with Gasteiger partial charge in [-0.2, -0.15) is 13.7 Å². The Morgan fingerprint density at radius 3 is 2.68 bits per heavy atom. The molecule has 0 radical (unpaired) electrons. The maximum absolute atomic E-state index is 12.6. The Morgan fingerprint density at radius 1 is 1.29 bits per heavy atom. The highest BCUT2D eigenvalue weighted by molar-refractivity contribution is 8.04. The summed E-state index contributed by atoms with van der Waals surface area (Å²) in [6.45, 7) is 5.96. The number of thioether (sulfide) groups is 1. The number of nitriles is 1. The molecule has 0 N–H and O–H groups in total. The van der Waals surface area contributed by atoms with Gasteiger partial charge in [0.2, 0.25) is 0 Å². The molecule has 152 valence electrons. The average Bonchev–Trinajstić information content (AvgIpc) is 3.14. The Labute approximate surface area is 173 Å². The van der Waals surface area contributed by atoms with E-state index in [1.54, 1.807) is 0 Å². The van der Waals surface area contributed by atoms with Gasteiger partial charge in [-0.1, -0.05) is 62.5 Å². The number of hydrogen-bond acceptors (Lipinski definition) is 6. The Hall–Kier alpha value is -1.78. The van der Waals surface area contributed by atoms with E-state index in [4.69, 9.17) is 4.28 Å². The van der Waals surface area contributed by atoms with Crippen LogP contribution in [0.1, 0.15) is 63.5 Å². The van der Waals surface area contributed by atoms with E-state index in [0.29, 0.717) is 35.5 Å². The lowest BCUT2D eigenvalue weighted by Crippen LogP contribution is -2.22. The molecule has 0 amide bonds. The minimum atomic E-state index is -3.78. The lowest BCUT2D eigenvalue weighted by molar-refractivity contribution is 0.326. The van der Waals surface area contributed by atoms with Gasteiger partial charge in [-0.05, 0) is 30.9 Å². The number of allylic oxidation sites excluding steroid dienone is 2. The molecule has 1 aromatic carbocycles. The van der Waals surface area contributed by atoms with Crippen molar-refractivity contribution in [2.75, 3.05) is 5.75 Å². The molecule has 1 fully saturated rings. The fourth-order valence-electron chi connectivity index (χ4n) is 3.18. The first kappa shape index (κ1) is 22.5. The smallest absolute Gasteiger partial charge is 0.268 e. The van der Waals surface area contributed by atoms with Crippen molar-refractivity contribution in [3.8, 4) is 6.07 Å². The van der Waals surface area contributed by atoms with E-state index in [1.807, 2.05) is 45.0 Å². The maximum atomic E-state index is 12.6. The molecule has 0 aromatic heterocycles. The molecular weight excluding hydrogens is 392 g/mol. The molecule has 1 atom stereocenters. The zero-order chi connectivity index (χ0) is 20.6. The fraction of sp³-hybridized carbons (Fsp3) is 0.524. The molecule has 28 heavy (non-hydrogen) atoms. The number of unbranched alkanes of at least 4 members (excludes halogenated alkanes) is 1. The van der Waals surface area contributed by atoms with Crippen LogP contribution in [0.3, 0.4) is 0 Å². The molecule has 1 aromatic rings. The second kappa shape index (κ2) is 10.7. The Bertz CT molecular complexity index is 883. The number of oxime groups is 1. The van der Waals surface area contributed by atoms with Gasteiger partial charge in [0.1, 0.15) is 6.07 Å². The van der Waals surface area contributed by atoms with Gasteiger partial charge in [-0.25, -0.2) is 0 Å². The quantitative estimate of drug-likeness (QED) is 0.393. The van der Waals surface area contributed by atoms with Gasteiger partial charge >= 0.3 is 10.1 Å². The van der Waals surface area contributed by atoms with Crippen molar-refractivity contribution in [1.29, 1.82) is 5.26 Å². The van der Waals surface area contributed by atoms with Gasteiger partial charge in [0.05, 0.1) is 21.4 Å². The number of nitrogens with zero attached hydrogens (tertiary/aromatic N) is 2. The van der Waals surface area contributed by atoms with E-state index in [0.717, 1.165) is 36.1 Å². The zero-order valence-electron chi connectivity index (χ0n) is 16.8. The van der Waals surface area contributed by atoms with Crippen molar-refractivity contribution in [2.24, 2.45) is 5.16 Å². The van der Waals surface area contributed by atoms with E-state index >= 15 is 0 Å². The van der Waals surface area contributed by atoms with Gasteiger partial charge in [-0.3, -0.25) is 4.28 Å². The van der Waals surface area contributed by atoms with E-state index < -0.39 is 15.4 Å².